The molecule has 0 saturated heterocycles. The van der Waals surface area contributed by atoms with E-state index >= 15 is 0 Å². The van der Waals surface area contributed by atoms with E-state index in [-0.39, 0.29) is 5.54 Å². The number of hydrogen-bond acceptors (Lipinski definition) is 3. The third kappa shape index (κ3) is 4.48. The fourth-order valence-corrected chi connectivity index (χ4v) is 2.76. The maximum Gasteiger partial charge on any atom is 0.0752 e. The second-order valence-electron chi connectivity index (χ2n) is 5.87. The van der Waals surface area contributed by atoms with E-state index in [2.05, 4.69) is 56.4 Å². The van der Waals surface area contributed by atoms with Crippen molar-refractivity contribution in [1.82, 2.24) is 15.1 Å². The molecule has 0 bridgehead atoms. The molecule has 0 aromatic carbocycles. The van der Waals surface area contributed by atoms with Gasteiger partial charge in [-0.15, -0.1) is 11.3 Å². The molecule has 0 aliphatic heterocycles. The van der Waals surface area contributed by atoms with Crippen LogP contribution in [0.2, 0.25) is 0 Å². The monoisotopic (exact) mass is 277 g/mol. The van der Waals surface area contributed by atoms with E-state index in [9.17, 15) is 0 Å². The first-order valence-electron chi connectivity index (χ1n) is 6.80. The zero-order valence-corrected chi connectivity index (χ0v) is 13.0. The molecule has 2 aromatic rings. The minimum Gasteiger partial charge on any atom is -0.308 e. The molecule has 2 heterocycles. The van der Waals surface area contributed by atoms with Crippen molar-refractivity contribution in [2.75, 3.05) is 0 Å². The second kappa shape index (κ2) is 5.88. The lowest BCUT2D eigenvalue weighted by Gasteiger charge is -2.19. The Balaban J connectivity index is 1.93. The van der Waals surface area contributed by atoms with Gasteiger partial charge in [0, 0.05) is 33.6 Å². The number of thiophene rings is 1. The first-order valence-corrected chi connectivity index (χ1v) is 7.62. The van der Waals surface area contributed by atoms with E-state index in [4.69, 9.17) is 0 Å². The van der Waals surface area contributed by atoms with Crippen LogP contribution in [0.5, 0.6) is 0 Å². The summed E-state index contributed by atoms with van der Waals surface area (Å²) in [5, 5.41) is 7.91. The van der Waals surface area contributed by atoms with Gasteiger partial charge in [0.05, 0.1) is 12.7 Å². The average Bonchev–Trinajstić information content (AvgIpc) is 2.95. The fraction of sp³-hybridized carbons (Fsp3) is 0.533. The van der Waals surface area contributed by atoms with Gasteiger partial charge in [-0.1, -0.05) is 6.92 Å². The number of aryl methyl sites for hydroxylation is 1. The number of aromatic nitrogens is 2. The maximum atomic E-state index is 4.43. The van der Waals surface area contributed by atoms with Crippen LogP contribution in [0.4, 0.5) is 0 Å². The molecule has 3 nitrogen and oxygen atoms in total. The van der Waals surface area contributed by atoms with Crippen LogP contribution in [0.1, 0.15) is 43.0 Å². The summed E-state index contributed by atoms with van der Waals surface area (Å²) in [6.07, 6.45) is 5.20. The Morgan fingerprint density at radius 1 is 1.26 bits per heavy atom. The Kier molecular flexibility index (Phi) is 4.42. The Morgan fingerprint density at radius 2 is 2.00 bits per heavy atom. The van der Waals surface area contributed by atoms with Gasteiger partial charge >= 0.3 is 0 Å². The molecule has 0 radical (unpaired) electrons. The molecule has 2 rings (SSSR count). The van der Waals surface area contributed by atoms with E-state index in [0.717, 1.165) is 19.5 Å². The second-order valence-corrected chi connectivity index (χ2v) is 7.12. The fourth-order valence-electron chi connectivity index (χ4n) is 1.81. The standard InChI is InChI=1S/C15H23N3S/c1-5-13-6-7-14(19-13)11-18-10-12(9-17-18)8-16-15(2,3)4/h6-7,9-10,16H,5,8,11H2,1-4H3. The molecule has 2 aromatic heterocycles. The molecule has 19 heavy (non-hydrogen) atoms. The van der Waals surface area contributed by atoms with Gasteiger partial charge in [0.1, 0.15) is 0 Å². The van der Waals surface area contributed by atoms with Gasteiger partial charge in [-0.3, -0.25) is 4.68 Å². The normalized spacial score (nSPS) is 12.0. The van der Waals surface area contributed by atoms with Crippen LogP contribution in [0.25, 0.3) is 0 Å². The molecule has 0 spiro atoms. The number of rotatable bonds is 5. The van der Waals surface area contributed by atoms with Crippen LogP contribution in [-0.4, -0.2) is 15.3 Å². The van der Waals surface area contributed by atoms with Crippen molar-refractivity contribution >= 4 is 11.3 Å². The van der Waals surface area contributed by atoms with Gasteiger partial charge in [-0.2, -0.15) is 5.10 Å². The molecule has 0 fully saturated rings. The highest BCUT2D eigenvalue weighted by Crippen LogP contribution is 2.18. The van der Waals surface area contributed by atoms with Crippen LogP contribution in [-0.2, 0) is 19.5 Å². The van der Waals surface area contributed by atoms with E-state index in [1.165, 1.54) is 15.3 Å². The first-order chi connectivity index (χ1) is 8.96. The van der Waals surface area contributed by atoms with Crippen molar-refractivity contribution in [3.05, 3.63) is 39.8 Å². The lowest BCUT2D eigenvalue weighted by Crippen LogP contribution is -2.34. The van der Waals surface area contributed by atoms with Gasteiger partial charge in [0.2, 0.25) is 0 Å². The van der Waals surface area contributed by atoms with E-state index in [1.807, 2.05) is 22.2 Å². The largest absolute Gasteiger partial charge is 0.308 e. The zero-order valence-electron chi connectivity index (χ0n) is 12.2. The van der Waals surface area contributed by atoms with Gasteiger partial charge in [0.15, 0.2) is 0 Å². The van der Waals surface area contributed by atoms with Crippen molar-refractivity contribution < 1.29 is 0 Å². The summed E-state index contributed by atoms with van der Waals surface area (Å²) in [4.78, 5) is 2.81. The topological polar surface area (TPSA) is 29.9 Å². The lowest BCUT2D eigenvalue weighted by atomic mass is 10.1. The summed E-state index contributed by atoms with van der Waals surface area (Å²) in [5.41, 5.74) is 1.38. The smallest absolute Gasteiger partial charge is 0.0752 e. The molecule has 0 aliphatic carbocycles. The Morgan fingerprint density at radius 3 is 2.63 bits per heavy atom. The summed E-state index contributed by atoms with van der Waals surface area (Å²) in [5.74, 6) is 0. The molecule has 0 amide bonds. The first kappa shape index (κ1) is 14.3. The van der Waals surface area contributed by atoms with Crippen molar-refractivity contribution in [2.45, 2.75) is 52.7 Å². The van der Waals surface area contributed by atoms with Gasteiger partial charge in [-0.05, 0) is 39.3 Å². The molecule has 104 valence electrons. The molecule has 4 heteroatoms. The van der Waals surface area contributed by atoms with Crippen molar-refractivity contribution in [2.24, 2.45) is 0 Å². The summed E-state index contributed by atoms with van der Waals surface area (Å²) < 4.78 is 2.02. The van der Waals surface area contributed by atoms with Gasteiger partial charge in [-0.25, -0.2) is 0 Å². The highest BCUT2D eigenvalue weighted by atomic mass is 32.1. The zero-order chi connectivity index (χ0) is 13.9. The third-order valence-corrected chi connectivity index (χ3v) is 4.11. The predicted molar refractivity (Wildman–Crippen MR) is 81.6 cm³/mol. The van der Waals surface area contributed by atoms with Crippen LogP contribution >= 0.6 is 11.3 Å². The minimum absolute atomic E-state index is 0.145. The highest BCUT2D eigenvalue weighted by Gasteiger charge is 2.09. The van der Waals surface area contributed by atoms with Crippen molar-refractivity contribution in [3.8, 4) is 0 Å². The quantitative estimate of drug-likeness (QED) is 0.907. The summed E-state index contributed by atoms with van der Waals surface area (Å²) in [6.45, 7) is 10.5. The molecular weight excluding hydrogens is 254 g/mol. The molecule has 0 unspecified atom stereocenters. The maximum absolute atomic E-state index is 4.43. The SMILES string of the molecule is CCc1ccc(Cn2cc(CNC(C)(C)C)cn2)s1. The Labute approximate surface area is 119 Å². The summed E-state index contributed by atoms with van der Waals surface area (Å²) in [6, 6.07) is 4.42. The van der Waals surface area contributed by atoms with Crippen LogP contribution in [0.15, 0.2) is 24.5 Å². The Bertz CT molecular complexity index is 519. The number of nitrogens with zero attached hydrogens (tertiary/aromatic N) is 2. The third-order valence-electron chi connectivity index (χ3n) is 2.89. The van der Waals surface area contributed by atoms with Crippen molar-refractivity contribution in [1.29, 1.82) is 0 Å². The van der Waals surface area contributed by atoms with Crippen LogP contribution < -0.4 is 5.32 Å². The van der Waals surface area contributed by atoms with Gasteiger partial charge in [0.25, 0.3) is 0 Å². The summed E-state index contributed by atoms with van der Waals surface area (Å²) in [7, 11) is 0. The van der Waals surface area contributed by atoms with E-state index in [1.54, 1.807) is 0 Å². The van der Waals surface area contributed by atoms with E-state index < -0.39 is 0 Å². The number of hydrogen-bond donors (Lipinski definition) is 1. The highest BCUT2D eigenvalue weighted by molar-refractivity contribution is 7.11. The molecule has 0 atom stereocenters. The number of nitrogens with one attached hydrogen (secondary N) is 1. The van der Waals surface area contributed by atoms with Crippen LogP contribution in [0, 0.1) is 0 Å². The van der Waals surface area contributed by atoms with Crippen molar-refractivity contribution in [3.63, 3.8) is 0 Å². The molecular formula is C15H23N3S. The van der Waals surface area contributed by atoms with Crippen LogP contribution in [0.3, 0.4) is 0 Å². The molecule has 0 aliphatic rings. The van der Waals surface area contributed by atoms with E-state index in [0.29, 0.717) is 0 Å². The molecule has 0 saturated carbocycles. The minimum atomic E-state index is 0.145. The summed E-state index contributed by atoms with van der Waals surface area (Å²) >= 11 is 1.88. The Hall–Kier alpha value is -1.13. The molecule has 1 N–H and O–H groups in total. The average molecular weight is 277 g/mol. The predicted octanol–water partition coefficient (Wildman–Crippen LogP) is 3.44. The lowest BCUT2D eigenvalue weighted by molar-refractivity contribution is 0.424. The van der Waals surface area contributed by atoms with Gasteiger partial charge < -0.3 is 5.32 Å².